The average molecular weight is 186 g/mol. The second-order valence-corrected chi connectivity index (χ2v) is 4.00. The molecule has 1 unspecified atom stereocenters. The zero-order chi connectivity index (χ0) is 10.6. The average Bonchev–Trinajstić information content (AvgIpc) is 1.82. The van der Waals surface area contributed by atoms with Crippen LogP contribution in [0.3, 0.4) is 0 Å². The molecular weight excluding hydrogens is 168 g/mol. The van der Waals surface area contributed by atoms with Gasteiger partial charge in [0.1, 0.15) is 5.60 Å². The van der Waals surface area contributed by atoms with Gasteiger partial charge in [-0.1, -0.05) is 6.58 Å². The summed E-state index contributed by atoms with van der Waals surface area (Å²) in [5, 5.41) is 0. The molecule has 0 heterocycles. The maximum atomic E-state index is 11.4. The highest BCUT2D eigenvalue weighted by atomic mass is 16.6. The Morgan fingerprint density at radius 3 is 2.08 bits per heavy atom. The summed E-state index contributed by atoms with van der Waals surface area (Å²) in [4.78, 5) is 11.4. The van der Waals surface area contributed by atoms with Gasteiger partial charge < -0.3 is 9.47 Å². The molecule has 0 saturated heterocycles. The molecule has 0 aromatic carbocycles. The summed E-state index contributed by atoms with van der Waals surface area (Å²) in [5.74, 6) is -0.387. The summed E-state index contributed by atoms with van der Waals surface area (Å²) in [6.45, 7) is 10.8. The predicted octanol–water partition coefficient (Wildman–Crippen LogP) is 1.92. The Labute approximate surface area is 79.7 Å². The van der Waals surface area contributed by atoms with Gasteiger partial charge in [-0.2, -0.15) is 0 Å². The van der Waals surface area contributed by atoms with E-state index in [2.05, 4.69) is 6.58 Å². The molecule has 3 nitrogen and oxygen atoms in total. The second kappa shape index (κ2) is 4.42. The number of hydrogen-bond donors (Lipinski definition) is 0. The van der Waals surface area contributed by atoms with Crippen LogP contribution in [0.2, 0.25) is 0 Å². The van der Waals surface area contributed by atoms with Crippen LogP contribution in [0, 0.1) is 0 Å². The maximum absolute atomic E-state index is 11.4. The van der Waals surface area contributed by atoms with E-state index in [9.17, 15) is 4.79 Å². The Kier molecular flexibility index (Phi) is 4.14. The van der Waals surface area contributed by atoms with Crippen molar-refractivity contribution in [2.24, 2.45) is 0 Å². The molecule has 0 N–H and O–H groups in total. The zero-order valence-electron chi connectivity index (χ0n) is 9.01. The van der Waals surface area contributed by atoms with Gasteiger partial charge in [0.05, 0.1) is 0 Å². The Morgan fingerprint density at radius 1 is 1.38 bits per heavy atom. The standard InChI is InChI=1S/C10H18O3/c1-7(2)8(12-6)9(11)13-10(3,4)5/h8H,1H2,2-6H3. The number of carbonyl (C=O) groups excluding carboxylic acids is 1. The fraction of sp³-hybridized carbons (Fsp3) is 0.700. The zero-order valence-corrected chi connectivity index (χ0v) is 9.01. The molecule has 0 aliphatic rings. The number of esters is 1. The first-order valence-corrected chi connectivity index (χ1v) is 4.19. The van der Waals surface area contributed by atoms with Crippen LogP contribution >= 0.6 is 0 Å². The van der Waals surface area contributed by atoms with Gasteiger partial charge in [-0.3, -0.25) is 0 Å². The Hall–Kier alpha value is -0.830. The molecule has 0 bridgehead atoms. The lowest BCUT2D eigenvalue weighted by Crippen LogP contribution is -2.33. The van der Waals surface area contributed by atoms with Crippen molar-refractivity contribution in [2.75, 3.05) is 7.11 Å². The SMILES string of the molecule is C=C(C)C(OC)C(=O)OC(C)(C)C. The molecule has 0 fully saturated rings. The van der Waals surface area contributed by atoms with Gasteiger partial charge in [-0.25, -0.2) is 4.79 Å². The first kappa shape index (κ1) is 12.2. The molecule has 0 radical (unpaired) electrons. The van der Waals surface area contributed by atoms with Crippen molar-refractivity contribution in [2.45, 2.75) is 39.4 Å². The van der Waals surface area contributed by atoms with Gasteiger partial charge in [-0.15, -0.1) is 0 Å². The van der Waals surface area contributed by atoms with Crippen molar-refractivity contribution in [1.82, 2.24) is 0 Å². The second-order valence-electron chi connectivity index (χ2n) is 4.00. The van der Waals surface area contributed by atoms with Gasteiger partial charge in [0.25, 0.3) is 0 Å². The van der Waals surface area contributed by atoms with E-state index in [4.69, 9.17) is 9.47 Å². The van der Waals surface area contributed by atoms with E-state index >= 15 is 0 Å². The summed E-state index contributed by atoms with van der Waals surface area (Å²) >= 11 is 0. The molecule has 0 aliphatic heterocycles. The molecule has 1 atom stereocenters. The lowest BCUT2D eigenvalue weighted by atomic mass is 10.1. The molecule has 0 aromatic heterocycles. The molecule has 3 heteroatoms. The van der Waals surface area contributed by atoms with E-state index in [-0.39, 0.29) is 5.97 Å². The molecular formula is C10H18O3. The van der Waals surface area contributed by atoms with Crippen molar-refractivity contribution < 1.29 is 14.3 Å². The first-order chi connectivity index (χ1) is 5.78. The number of ether oxygens (including phenoxy) is 2. The minimum Gasteiger partial charge on any atom is -0.458 e. The predicted molar refractivity (Wildman–Crippen MR) is 51.5 cm³/mol. The van der Waals surface area contributed by atoms with Gasteiger partial charge in [0.2, 0.25) is 0 Å². The smallest absolute Gasteiger partial charge is 0.340 e. The highest BCUT2D eigenvalue weighted by molar-refractivity contribution is 5.78. The molecule has 0 amide bonds. The van der Waals surface area contributed by atoms with Crippen LogP contribution in [-0.2, 0) is 14.3 Å². The van der Waals surface area contributed by atoms with Crippen LogP contribution in [0.5, 0.6) is 0 Å². The number of hydrogen-bond acceptors (Lipinski definition) is 3. The van der Waals surface area contributed by atoms with Crippen LogP contribution in [0.15, 0.2) is 12.2 Å². The van der Waals surface area contributed by atoms with Gasteiger partial charge >= 0.3 is 5.97 Å². The Bertz CT molecular complexity index is 201. The van der Waals surface area contributed by atoms with Crippen molar-refractivity contribution in [1.29, 1.82) is 0 Å². The molecule has 0 aliphatic carbocycles. The van der Waals surface area contributed by atoms with Crippen molar-refractivity contribution >= 4 is 5.97 Å². The molecule has 0 spiro atoms. The van der Waals surface area contributed by atoms with E-state index in [1.165, 1.54) is 7.11 Å². The summed E-state index contributed by atoms with van der Waals surface area (Å²) in [6, 6.07) is 0. The van der Waals surface area contributed by atoms with Crippen LogP contribution in [0.1, 0.15) is 27.7 Å². The minimum absolute atomic E-state index is 0.387. The summed E-state index contributed by atoms with van der Waals surface area (Å²) in [5.41, 5.74) is 0.167. The van der Waals surface area contributed by atoms with Gasteiger partial charge in [0, 0.05) is 7.11 Å². The molecule has 0 saturated carbocycles. The minimum atomic E-state index is -0.653. The van der Waals surface area contributed by atoms with E-state index in [1.807, 2.05) is 20.8 Å². The lowest BCUT2D eigenvalue weighted by molar-refractivity contribution is -0.164. The first-order valence-electron chi connectivity index (χ1n) is 4.19. The van der Waals surface area contributed by atoms with Crippen LogP contribution < -0.4 is 0 Å². The maximum Gasteiger partial charge on any atom is 0.340 e. The fourth-order valence-corrected chi connectivity index (χ4v) is 0.854. The van der Waals surface area contributed by atoms with Gasteiger partial charge in [0.15, 0.2) is 6.10 Å². The van der Waals surface area contributed by atoms with Crippen LogP contribution in [-0.4, -0.2) is 24.8 Å². The largest absolute Gasteiger partial charge is 0.458 e. The normalized spacial score (nSPS) is 13.6. The summed E-state index contributed by atoms with van der Waals surface area (Å²) in [7, 11) is 1.46. The highest BCUT2D eigenvalue weighted by Crippen LogP contribution is 2.12. The third-order valence-electron chi connectivity index (χ3n) is 1.30. The topological polar surface area (TPSA) is 35.5 Å². The summed E-state index contributed by atoms with van der Waals surface area (Å²) < 4.78 is 10.1. The lowest BCUT2D eigenvalue weighted by Gasteiger charge is -2.23. The fourth-order valence-electron chi connectivity index (χ4n) is 0.854. The summed E-state index contributed by atoms with van der Waals surface area (Å²) in [6.07, 6.45) is -0.653. The Morgan fingerprint density at radius 2 is 1.85 bits per heavy atom. The van der Waals surface area contributed by atoms with E-state index in [1.54, 1.807) is 6.92 Å². The van der Waals surface area contributed by atoms with Crippen molar-refractivity contribution in [3.63, 3.8) is 0 Å². The highest BCUT2D eigenvalue weighted by Gasteiger charge is 2.25. The van der Waals surface area contributed by atoms with Crippen molar-refractivity contribution in [3.05, 3.63) is 12.2 Å². The van der Waals surface area contributed by atoms with Gasteiger partial charge in [-0.05, 0) is 33.3 Å². The molecule has 0 rings (SSSR count). The third-order valence-corrected chi connectivity index (χ3v) is 1.30. The third kappa shape index (κ3) is 4.68. The van der Waals surface area contributed by atoms with E-state index in [0.717, 1.165) is 0 Å². The number of rotatable bonds is 3. The molecule has 13 heavy (non-hydrogen) atoms. The monoisotopic (exact) mass is 186 g/mol. The number of carbonyl (C=O) groups is 1. The molecule has 76 valence electrons. The van der Waals surface area contributed by atoms with Crippen molar-refractivity contribution in [3.8, 4) is 0 Å². The molecule has 0 aromatic rings. The van der Waals surface area contributed by atoms with Crippen LogP contribution in [0.4, 0.5) is 0 Å². The van der Waals surface area contributed by atoms with E-state index in [0.29, 0.717) is 5.57 Å². The Balaban J connectivity index is 4.32. The quantitative estimate of drug-likeness (QED) is 0.499. The van der Waals surface area contributed by atoms with Crippen LogP contribution in [0.25, 0.3) is 0 Å². The number of methoxy groups -OCH3 is 1. The van der Waals surface area contributed by atoms with E-state index < -0.39 is 11.7 Å².